The average Bonchev–Trinajstić information content (AvgIpc) is 1.56. The summed E-state index contributed by atoms with van der Waals surface area (Å²) in [6, 6.07) is 24.8. The molecule has 0 aromatic carbocycles. The van der Waals surface area contributed by atoms with Crippen LogP contribution in [-0.4, -0.2) is 226 Å². The molecule has 33 nitrogen and oxygen atoms in total. The van der Waals surface area contributed by atoms with Crippen molar-refractivity contribution in [2.45, 2.75) is 206 Å². The minimum absolute atomic E-state index is 0.00127. The van der Waals surface area contributed by atoms with Gasteiger partial charge >= 0.3 is 36.8 Å². The average molecular weight is 1770 g/mol. The molecule has 9 aliphatic carbocycles. The predicted molar refractivity (Wildman–Crippen MR) is 445 cm³/mol. The normalized spacial score (nSPS) is 23.0. The summed E-state index contributed by atoms with van der Waals surface area (Å²) in [6.45, 7) is 4.20. The van der Waals surface area contributed by atoms with Crippen LogP contribution in [0.4, 0.5) is 47.8 Å². The molecule has 668 valence electrons. The molecule has 10 fully saturated rings. The van der Waals surface area contributed by atoms with E-state index in [1.807, 2.05) is 56.5 Å². The molecule has 126 heavy (non-hydrogen) atoms. The number of nitrogens with zero attached hydrogens (tertiary/aromatic N) is 12. The number of carbonyl (C=O) groups is 7. The highest BCUT2D eigenvalue weighted by Gasteiger charge is 2.55. The van der Waals surface area contributed by atoms with Gasteiger partial charge < -0.3 is 77.4 Å². The number of primary amides is 1. The second kappa shape index (κ2) is 35.7. The molecule has 10 aliphatic rings. The van der Waals surface area contributed by atoms with E-state index in [0.29, 0.717) is 178 Å². The highest BCUT2D eigenvalue weighted by molar-refractivity contribution is 6.61. The Hall–Kier alpha value is -12.1. The Labute approximate surface area is 723 Å². The fraction of sp³-hybridized carbons (Fsp3) is 0.464. The van der Waals surface area contributed by atoms with Gasteiger partial charge in [-0.05, 0) is 216 Å². The Kier molecular flexibility index (Phi) is 25.9. The largest absolute Gasteiger partial charge is 0.514 e. The van der Waals surface area contributed by atoms with Gasteiger partial charge in [-0.2, -0.15) is 52.2 Å². The van der Waals surface area contributed by atoms with Gasteiger partial charge in [0.25, 0.3) is 23.6 Å². The lowest BCUT2D eigenvalue weighted by Crippen LogP contribution is -2.54. The highest BCUT2D eigenvalue weighted by Crippen LogP contribution is 2.52. The van der Waals surface area contributed by atoms with Crippen molar-refractivity contribution in [1.82, 2.24) is 64.6 Å². The first kappa shape index (κ1) is 91.5. The van der Waals surface area contributed by atoms with Crippen molar-refractivity contribution in [1.29, 1.82) is 10.5 Å². The molecule has 42 heteroatoms. The van der Waals surface area contributed by atoms with Crippen LogP contribution in [0.15, 0.2) is 110 Å². The lowest BCUT2D eigenvalue weighted by Gasteiger charge is -2.51. The summed E-state index contributed by atoms with van der Waals surface area (Å²) in [5.41, 5.74) is 8.91. The summed E-state index contributed by atoms with van der Waals surface area (Å²) in [7, 11) is 0.974. The van der Waals surface area contributed by atoms with Crippen molar-refractivity contribution < 1.29 is 101 Å². The van der Waals surface area contributed by atoms with Crippen LogP contribution in [0, 0.1) is 22.7 Å². The number of hydrogen-bond donors (Lipinski definition) is 12. The Morgan fingerprint density at radius 2 is 0.849 bits per heavy atom. The first-order valence-electron chi connectivity index (χ1n) is 40.9. The number of nitrogens with two attached hydrogens (primary N) is 1. The molecule has 19 rings (SSSR count). The van der Waals surface area contributed by atoms with Crippen LogP contribution < -0.4 is 43.2 Å². The van der Waals surface area contributed by atoms with Gasteiger partial charge in [0, 0.05) is 49.3 Å². The maximum absolute atomic E-state index is 14.4. The van der Waals surface area contributed by atoms with Gasteiger partial charge in [0.2, 0.25) is 5.91 Å². The lowest BCUT2D eigenvalue weighted by molar-refractivity contribution is -0.164. The number of rotatable bonds is 22. The van der Waals surface area contributed by atoms with Crippen LogP contribution in [0.25, 0.3) is 39.3 Å². The first-order valence-corrected chi connectivity index (χ1v) is 40.6. The number of anilines is 3. The maximum Gasteiger partial charge on any atom is 0.514 e. The number of alkyl halides is 7. The van der Waals surface area contributed by atoms with Crippen LogP contribution in [-0.2, 0) is 23.7 Å². The topological polar surface area (TPSA) is 479 Å². The summed E-state index contributed by atoms with van der Waals surface area (Å²) < 4.78 is 115. The predicted octanol–water partition coefficient (Wildman–Crippen LogP) is 9.69. The molecule has 1 saturated heterocycles. The quantitative estimate of drug-likeness (QED) is 0.0170. The number of pyridine rings is 3. The van der Waals surface area contributed by atoms with E-state index in [2.05, 4.69) is 57.6 Å². The number of carboxylic acid groups (broad SMARTS) is 2. The monoisotopic (exact) mass is 1770 g/mol. The zero-order chi connectivity index (χ0) is 92.4. The molecular weight excluding hydrogens is 1680 g/mol. The Morgan fingerprint density at radius 3 is 1.21 bits per heavy atom. The zero-order valence-corrected chi connectivity index (χ0v) is 70.2. The van der Waals surface area contributed by atoms with Crippen LogP contribution in [0.5, 0.6) is 0 Å². The Morgan fingerprint density at radius 1 is 0.516 bits per heavy atom. The molecule has 1 aliphatic heterocycles. The third-order valence-corrected chi connectivity index (χ3v) is 25.3. The lowest BCUT2D eigenvalue weighted by atomic mass is 9.63. The molecule has 9 aromatic rings. The van der Waals surface area contributed by atoms with Gasteiger partial charge in [0.1, 0.15) is 17.3 Å². The Balaban J connectivity index is 0.000000156. The van der Waals surface area contributed by atoms with E-state index in [0.717, 1.165) is 22.2 Å². The molecule has 9 aromatic heterocycles. The molecule has 13 N–H and O–H groups in total. The van der Waals surface area contributed by atoms with Gasteiger partial charge in [-0.3, -0.25) is 38.3 Å². The third-order valence-electron chi connectivity index (χ3n) is 25.1. The van der Waals surface area contributed by atoms with Crippen molar-refractivity contribution in [2.24, 2.45) is 5.73 Å². The molecule has 9 saturated carbocycles. The van der Waals surface area contributed by atoms with E-state index in [4.69, 9.17) is 48.8 Å². The number of nitriles is 2. The molecule has 10 heterocycles. The van der Waals surface area contributed by atoms with Gasteiger partial charge in [-0.1, -0.05) is 11.6 Å². The molecule has 6 bridgehead atoms. The van der Waals surface area contributed by atoms with Gasteiger partial charge in [-0.15, -0.1) is 0 Å². The van der Waals surface area contributed by atoms with Crippen molar-refractivity contribution in [2.75, 3.05) is 56.8 Å². The number of aromatic nitrogens is 9. The fourth-order valence-electron chi connectivity index (χ4n) is 16.6. The van der Waals surface area contributed by atoms with E-state index in [-0.39, 0.29) is 55.2 Å². The summed E-state index contributed by atoms with van der Waals surface area (Å²) in [4.78, 5) is 96.4. The molecule has 0 unspecified atom stereocenters. The number of carboxylic acids is 2. The summed E-state index contributed by atoms with van der Waals surface area (Å²) >= 11 is 5.93. The fourth-order valence-corrected chi connectivity index (χ4v) is 16.8. The van der Waals surface area contributed by atoms with Crippen molar-refractivity contribution in [3.63, 3.8) is 0 Å². The molecular formula is C84H94BClF7N19O14. The highest BCUT2D eigenvalue weighted by atomic mass is 35.5. The van der Waals surface area contributed by atoms with Crippen LogP contribution >= 0.6 is 11.6 Å². The number of aliphatic hydroxyl groups is 3. The first-order chi connectivity index (χ1) is 59.6. The molecule has 0 spiro atoms. The Bertz CT molecular complexity index is 5740. The van der Waals surface area contributed by atoms with Gasteiger partial charge in [-0.25, -0.2) is 28.1 Å². The van der Waals surface area contributed by atoms with E-state index < -0.39 is 110 Å². The van der Waals surface area contributed by atoms with Crippen molar-refractivity contribution in [3.05, 3.63) is 149 Å². The second-order valence-corrected chi connectivity index (χ2v) is 34.6. The maximum atomic E-state index is 14.4. The number of hydrogen-bond acceptors (Lipinski definition) is 23. The smallest absolute Gasteiger partial charge is 0.477 e. The van der Waals surface area contributed by atoms with E-state index in [9.17, 15) is 79.6 Å². The SMILES string of the molecule is CC1(C)OB(c2ccc3cc(C#N)cnn23)OC1(C)C.CN(C)C(=O)C(F)(F)CNC(=O)c1cnc(-c2ccc3cc(C(N)=O)cnn23)cc1NC12CCC(O)(CC1)CC2.N#Cc1cnn2c(-c3cc(NC45CCC(O)(CC4)CC5)c(C(=O)NCC(F)(F)C(=O)O)cn3)ccc2c1.O=C(NCC(F)(F)C(=O)O)c1cnc(Cl)cc1NC12CCC(O)(CC1)CC2.[2H]CF. The van der Waals surface area contributed by atoms with Gasteiger partial charge in [0.05, 0.1) is 170 Å². The minimum atomic E-state index is -4.12. The minimum Gasteiger partial charge on any atom is -0.477 e. The van der Waals surface area contributed by atoms with Crippen LogP contribution in [0.2, 0.25) is 5.15 Å². The van der Waals surface area contributed by atoms with E-state index in [1.165, 1.54) is 44.9 Å². The van der Waals surface area contributed by atoms with E-state index in [1.54, 1.807) is 74.3 Å². The zero-order valence-electron chi connectivity index (χ0n) is 70.4. The standard InChI is InChI=1S/C27H31F2N7O4.C25H24F2N6O4.C17H20ClF2N3O4.C14H16BN3O2.CH3F/c1-35(2)24(39)27(28,29)15-32-23(38)18-14-31-20(21-4-3-17-11-16(22(30)37)13-33-36(17)21)12-19(18)34-25-5-8-26(40,9-6-25)10-7-25;26-25(27,22(35)36)14-30-21(34)17-13-29-19(20-2-1-16-9-15(11-28)12-31-33(16)20)10-18(17)32-23-3-6-24(37,7-4-23)8-5-23;18-12-7-11(23-15-1-4-16(27,5-2-15)6-3-15)10(8-21-12)13(24)22-9-17(19,20)14(25)26;1-13(2)14(3,4)20-15(19-13)12-6-5-11-7-10(8-16)9-17-18(11)12;1-2/h3-4,11-14,40H,5-10,15H2,1-2H3,(H2,30,37)(H,31,34)(H,32,38);1-2,9-10,12-13,37H,3-8,14H2,(H,29,32)(H,30,34)(H,35,36);7-8,27H,1-6,9H2,(H,21,23)(H,22,24)(H,25,26);5-7,9H,1-4H3;1H3/i;;;;1D. The van der Waals surface area contributed by atoms with E-state index >= 15 is 0 Å². The second-order valence-electron chi connectivity index (χ2n) is 34.3. The molecule has 5 amide bonds. The van der Waals surface area contributed by atoms with Crippen LogP contribution in [0.3, 0.4) is 0 Å². The van der Waals surface area contributed by atoms with Crippen LogP contribution in [0.1, 0.15) is 197 Å². The number of carbonyl (C=O) groups excluding carboxylic acids is 5. The number of aliphatic carboxylic acids is 2. The van der Waals surface area contributed by atoms with Gasteiger partial charge in [0.15, 0.2) is 0 Å². The number of amides is 5. The molecule has 0 radical (unpaired) electrons. The summed E-state index contributed by atoms with van der Waals surface area (Å²) in [5, 5.41) is 96.1. The van der Waals surface area contributed by atoms with Crippen molar-refractivity contribution in [3.8, 4) is 34.9 Å². The van der Waals surface area contributed by atoms with Crippen molar-refractivity contribution >= 4 is 99.4 Å². The third kappa shape index (κ3) is 20.0. The number of fused-ring (bicyclic) bond motifs is 12. The summed E-state index contributed by atoms with van der Waals surface area (Å²) in [5.74, 6) is -21.2. The number of halogens is 8. The summed E-state index contributed by atoms with van der Waals surface area (Å²) in [6.07, 6.45) is 19.8. The number of nitrogens with one attached hydrogen (secondary N) is 6. The molecule has 0 atom stereocenters.